The van der Waals surface area contributed by atoms with E-state index in [1.54, 1.807) is 0 Å². The molecule has 26 heavy (non-hydrogen) atoms. The summed E-state index contributed by atoms with van der Waals surface area (Å²) in [5.74, 6) is 0.151. The van der Waals surface area contributed by atoms with Crippen LogP contribution in [0.1, 0.15) is 41.6 Å². The minimum atomic E-state index is -0.0342. The quantitative estimate of drug-likeness (QED) is 0.683. The fourth-order valence-electron chi connectivity index (χ4n) is 3.62. The molecule has 3 N–H and O–H groups in total. The van der Waals surface area contributed by atoms with Crippen LogP contribution in [0.25, 0.3) is 0 Å². The van der Waals surface area contributed by atoms with Gasteiger partial charge in [0, 0.05) is 31.7 Å². The van der Waals surface area contributed by atoms with E-state index in [-0.39, 0.29) is 17.7 Å². The Balaban J connectivity index is 1.39. The van der Waals surface area contributed by atoms with Gasteiger partial charge in [0.2, 0.25) is 5.91 Å². The zero-order valence-electron chi connectivity index (χ0n) is 15.4. The van der Waals surface area contributed by atoms with Crippen molar-refractivity contribution < 1.29 is 9.59 Å². The number of carbonyl (C=O) groups excluding carboxylic acids is 2. The van der Waals surface area contributed by atoms with E-state index >= 15 is 0 Å². The molecular formula is C20H30N4O2. The molecule has 142 valence electrons. The van der Waals surface area contributed by atoms with E-state index < -0.39 is 0 Å². The number of hydrogen-bond acceptors (Lipinski definition) is 4. The summed E-state index contributed by atoms with van der Waals surface area (Å²) >= 11 is 0. The molecule has 0 radical (unpaired) electrons. The minimum Gasteiger partial charge on any atom is -0.352 e. The van der Waals surface area contributed by atoms with Crippen LogP contribution in [0.5, 0.6) is 0 Å². The molecule has 6 heteroatoms. The Hall–Kier alpha value is -1.92. The second-order valence-corrected chi connectivity index (χ2v) is 7.26. The number of nitrogens with zero attached hydrogens (tertiary/aromatic N) is 1. The molecule has 0 saturated carbocycles. The molecule has 1 aromatic rings. The number of piperidine rings is 1. The molecule has 0 spiro atoms. The highest BCUT2D eigenvalue weighted by Gasteiger charge is 2.20. The highest BCUT2D eigenvalue weighted by Crippen LogP contribution is 2.11. The van der Waals surface area contributed by atoms with Crippen molar-refractivity contribution in [3.8, 4) is 0 Å². The van der Waals surface area contributed by atoms with Crippen LogP contribution in [-0.2, 0) is 11.3 Å². The zero-order chi connectivity index (χ0) is 18.2. The van der Waals surface area contributed by atoms with Gasteiger partial charge in [0.05, 0.1) is 5.92 Å². The summed E-state index contributed by atoms with van der Waals surface area (Å²) < 4.78 is 0. The van der Waals surface area contributed by atoms with Crippen molar-refractivity contribution in [2.75, 3.05) is 39.3 Å². The van der Waals surface area contributed by atoms with Crippen molar-refractivity contribution in [3.05, 3.63) is 35.4 Å². The molecule has 2 aliphatic rings. The minimum absolute atomic E-state index is 0.0342. The summed E-state index contributed by atoms with van der Waals surface area (Å²) in [6.45, 7) is 6.18. The van der Waals surface area contributed by atoms with Crippen molar-refractivity contribution in [3.63, 3.8) is 0 Å². The maximum Gasteiger partial charge on any atom is 0.251 e. The number of nitrogens with one attached hydrogen (secondary N) is 3. The number of amides is 2. The third-order valence-electron chi connectivity index (χ3n) is 5.26. The first-order valence-electron chi connectivity index (χ1n) is 9.80. The van der Waals surface area contributed by atoms with E-state index in [0.29, 0.717) is 18.7 Å². The average Bonchev–Trinajstić information content (AvgIpc) is 3.20. The van der Waals surface area contributed by atoms with E-state index in [1.165, 1.54) is 12.8 Å². The number of rotatable bonds is 7. The number of likely N-dealkylation sites (tertiary alicyclic amines) is 1. The number of benzene rings is 1. The highest BCUT2D eigenvalue weighted by molar-refractivity contribution is 5.94. The predicted octanol–water partition coefficient (Wildman–Crippen LogP) is 1.13. The van der Waals surface area contributed by atoms with Gasteiger partial charge in [0.15, 0.2) is 0 Å². The lowest BCUT2D eigenvalue weighted by molar-refractivity contribution is -0.125. The molecule has 2 saturated heterocycles. The SMILES string of the molecule is O=C(NCCN1CCCC1)c1ccc(CNC(=O)C2CCCNC2)cc1. The van der Waals surface area contributed by atoms with Crippen molar-refractivity contribution in [1.82, 2.24) is 20.9 Å². The van der Waals surface area contributed by atoms with Crippen LogP contribution in [0, 0.1) is 5.92 Å². The third kappa shape index (κ3) is 5.54. The van der Waals surface area contributed by atoms with E-state index in [1.807, 2.05) is 24.3 Å². The molecule has 1 aromatic carbocycles. The van der Waals surface area contributed by atoms with Gasteiger partial charge in [0.1, 0.15) is 0 Å². The van der Waals surface area contributed by atoms with Gasteiger partial charge in [-0.1, -0.05) is 12.1 Å². The summed E-state index contributed by atoms with van der Waals surface area (Å²) in [6, 6.07) is 7.48. The van der Waals surface area contributed by atoms with Gasteiger partial charge in [-0.15, -0.1) is 0 Å². The molecule has 2 heterocycles. The third-order valence-corrected chi connectivity index (χ3v) is 5.26. The predicted molar refractivity (Wildman–Crippen MR) is 102 cm³/mol. The second kappa shape index (κ2) is 9.69. The van der Waals surface area contributed by atoms with E-state index in [2.05, 4.69) is 20.9 Å². The van der Waals surface area contributed by atoms with Crippen molar-refractivity contribution in [2.24, 2.45) is 5.92 Å². The van der Waals surface area contributed by atoms with Crippen LogP contribution < -0.4 is 16.0 Å². The molecule has 0 aliphatic carbocycles. The highest BCUT2D eigenvalue weighted by atomic mass is 16.2. The van der Waals surface area contributed by atoms with Crippen molar-refractivity contribution >= 4 is 11.8 Å². The largest absolute Gasteiger partial charge is 0.352 e. The van der Waals surface area contributed by atoms with Gasteiger partial charge in [-0.05, 0) is 63.0 Å². The Labute approximate surface area is 155 Å². The molecular weight excluding hydrogens is 328 g/mol. The molecule has 0 aromatic heterocycles. The van der Waals surface area contributed by atoms with Crippen LogP contribution >= 0.6 is 0 Å². The Kier molecular flexibility index (Phi) is 7.03. The number of hydrogen-bond donors (Lipinski definition) is 3. The first-order chi connectivity index (χ1) is 12.7. The summed E-state index contributed by atoms with van der Waals surface area (Å²) in [7, 11) is 0. The maximum absolute atomic E-state index is 12.2. The first-order valence-corrected chi connectivity index (χ1v) is 9.80. The Morgan fingerprint density at radius 3 is 2.54 bits per heavy atom. The summed E-state index contributed by atoms with van der Waals surface area (Å²) in [4.78, 5) is 26.7. The lowest BCUT2D eigenvalue weighted by atomic mass is 9.99. The van der Waals surface area contributed by atoms with Crippen molar-refractivity contribution in [2.45, 2.75) is 32.2 Å². The molecule has 0 bridgehead atoms. The average molecular weight is 358 g/mol. The van der Waals surface area contributed by atoms with Crippen LogP contribution in [-0.4, -0.2) is 56.0 Å². The van der Waals surface area contributed by atoms with Gasteiger partial charge in [-0.2, -0.15) is 0 Å². The molecule has 2 amide bonds. The Morgan fingerprint density at radius 1 is 1.08 bits per heavy atom. The maximum atomic E-state index is 12.2. The molecule has 2 fully saturated rings. The van der Waals surface area contributed by atoms with E-state index in [0.717, 1.165) is 51.1 Å². The lowest BCUT2D eigenvalue weighted by Crippen LogP contribution is -2.40. The molecule has 6 nitrogen and oxygen atoms in total. The van der Waals surface area contributed by atoms with Crippen LogP contribution in [0.3, 0.4) is 0 Å². The second-order valence-electron chi connectivity index (χ2n) is 7.26. The van der Waals surface area contributed by atoms with Gasteiger partial charge < -0.3 is 20.9 Å². The smallest absolute Gasteiger partial charge is 0.251 e. The van der Waals surface area contributed by atoms with Gasteiger partial charge in [0.25, 0.3) is 5.91 Å². The summed E-state index contributed by atoms with van der Waals surface area (Å²) in [5.41, 5.74) is 1.67. The standard InChI is InChI=1S/C20H30N4O2/c25-19(22-10-13-24-11-1-2-12-24)17-7-5-16(6-8-17)14-23-20(26)18-4-3-9-21-15-18/h5-8,18,21H,1-4,9-15H2,(H,22,25)(H,23,26). The Morgan fingerprint density at radius 2 is 1.85 bits per heavy atom. The summed E-state index contributed by atoms with van der Waals surface area (Å²) in [6.07, 6.45) is 4.54. The molecule has 3 rings (SSSR count). The topological polar surface area (TPSA) is 73.5 Å². The molecule has 2 aliphatic heterocycles. The monoisotopic (exact) mass is 358 g/mol. The first kappa shape index (κ1) is 18.9. The fourth-order valence-corrected chi connectivity index (χ4v) is 3.62. The van der Waals surface area contributed by atoms with E-state index in [9.17, 15) is 9.59 Å². The van der Waals surface area contributed by atoms with Crippen molar-refractivity contribution in [1.29, 1.82) is 0 Å². The van der Waals surface area contributed by atoms with Gasteiger partial charge >= 0.3 is 0 Å². The Bertz CT molecular complexity index is 590. The summed E-state index contributed by atoms with van der Waals surface area (Å²) in [5, 5.41) is 9.24. The van der Waals surface area contributed by atoms with Gasteiger partial charge in [-0.3, -0.25) is 9.59 Å². The number of carbonyl (C=O) groups is 2. The zero-order valence-corrected chi connectivity index (χ0v) is 15.4. The molecule has 1 atom stereocenters. The lowest BCUT2D eigenvalue weighted by Gasteiger charge is -2.21. The fraction of sp³-hybridized carbons (Fsp3) is 0.600. The van der Waals surface area contributed by atoms with Crippen LogP contribution in [0.2, 0.25) is 0 Å². The van der Waals surface area contributed by atoms with Gasteiger partial charge in [-0.25, -0.2) is 0 Å². The van der Waals surface area contributed by atoms with Crippen LogP contribution in [0.4, 0.5) is 0 Å². The van der Waals surface area contributed by atoms with E-state index in [4.69, 9.17) is 0 Å². The van der Waals surface area contributed by atoms with Crippen LogP contribution in [0.15, 0.2) is 24.3 Å². The normalized spacial score (nSPS) is 20.7. The molecule has 1 unspecified atom stereocenters.